The summed E-state index contributed by atoms with van der Waals surface area (Å²) in [4.78, 5) is 29.3. The van der Waals surface area contributed by atoms with Crippen molar-refractivity contribution in [3.8, 4) is 0 Å². The van der Waals surface area contributed by atoms with Gasteiger partial charge >= 0.3 is 0 Å². The Labute approximate surface area is 183 Å². The zero-order chi connectivity index (χ0) is 22.5. The molecule has 6 nitrogen and oxygen atoms in total. The topological polar surface area (TPSA) is 76.1 Å². The molecule has 1 saturated heterocycles. The highest BCUT2D eigenvalue weighted by molar-refractivity contribution is 6.05. The molecule has 168 valence electrons. The number of H-pyrrole nitrogens is 1. The molecule has 2 aliphatic rings. The van der Waals surface area contributed by atoms with E-state index >= 15 is 0 Å². The van der Waals surface area contributed by atoms with Crippen LogP contribution < -0.4 is 10.9 Å². The van der Waals surface area contributed by atoms with E-state index in [0.29, 0.717) is 53.6 Å². The molecule has 1 aliphatic carbocycles. The van der Waals surface area contributed by atoms with Gasteiger partial charge in [0.05, 0.1) is 22.5 Å². The quantitative estimate of drug-likeness (QED) is 0.637. The molecule has 1 fully saturated rings. The molecule has 0 bridgehead atoms. The fraction of sp³-hybridized carbons (Fsp3) is 0.417. The van der Waals surface area contributed by atoms with E-state index in [9.17, 15) is 18.4 Å². The number of hydrogen-bond acceptors (Lipinski definition) is 3. The molecule has 1 atom stereocenters. The van der Waals surface area contributed by atoms with Crippen LogP contribution in [-0.4, -0.2) is 28.7 Å². The Hall–Kier alpha value is -3.00. The molecule has 0 saturated carbocycles. The van der Waals surface area contributed by atoms with E-state index in [1.54, 1.807) is 42.1 Å². The lowest BCUT2D eigenvalue weighted by Gasteiger charge is -2.25. The van der Waals surface area contributed by atoms with Crippen molar-refractivity contribution in [1.29, 1.82) is 0 Å². The summed E-state index contributed by atoms with van der Waals surface area (Å²) in [7, 11) is 0. The van der Waals surface area contributed by atoms with Crippen molar-refractivity contribution in [2.45, 2.75) is 50.6 Å². The number of rotatable bonds is 4. The van der Waals surface area contributed by atoms with E-state index in [2.05, 4.69) is 10.3 Å². The van der Waals surface area contributed by atoms with E-state index in [1.165, 1.54) is 6.07 Å². The van der Waals surface area contributed by atoms with Crippen molar-refractivity contribution in [2.24, 2.45) is 0 Å². The fourth-order valence-electron chi connectivity index (χ4n) is 4.98. The van der Waals surface area contributed by atoms with Gasteiger partial charge in [0, 0.05) is 43.6 Å². The van der Waals surface area contributed by atoms with Gasteiger partial charge in [0.1, 0.15) is 0 Å². The number of carbonyl (C=O) groups is 1. The number of halogens is 2. The molecule has 32 heavy (non-hydrogen) atoms. The summed E-state index contributed by atoms with van der Waals surface area (Å²) in [5, 5.41) is 3.41. The minimum atomic E-state index is -2.83. The highest BCUT2D eigenvalue weighted by Crippen LogP contribution is 2.43. The number of nitrogens with one attached hydrogen (secondary N) is 2. The number of nitrogens with zero attached hydrogens (tertiary/aromatic N) is 1. The first-order valence-electron chi connectivity index (χ1n) is 11.0. The molecule has 3 heterocycles. The Morgan fingerprint density at radius 3 is 2.84 bits per heavy atom. The zero-order valence-corrected chi connectivity index (χ0v) is 17.8. The molecular formula is C24H25F2N3O3. The van der Waals surface area contributed by atoms with Gasteiger partial charge in [0.15, 0.2) is 0 Å². The molecule has 0 unspecified atom stereocenters. The minimum Gasteiger partial charge on any atom is -0.381 e. The third-order valence-electron chi connectivity index (χ3n) is 6.69. The van der Waals surface area contributed by atoms with Crippen LogP contribution in [0.3, 0.4) is 0 Å². The van der Waals surface area contributed by atoms with E-state index < -0.39 is 12.0 Å². The summed E-state index contributed by atoms with van der Waals surface area (Å²) >= 11 is 0. The van der Waals surface area contributed by atoms with Gasteiger partial charge in [0.2, 0.25) is 0 Å². The molecule has 1 aliphatic heterocycles. The monoisotopic (exact) mass is 441 g/mol. The number of amides is 1. The lowest BCUT2D eigenvalue weighted by molar-refractivity contribution is -0.00185. The van der Waals surface area contributed by atoms with Gasteiger partial charge < -0.3 is 19.6 Å². The van der Waals surface area contributed by atoms with Crippen molar-refractivity contribution in [2.75, 3.05) is 13.2 Å². The predicted molar refractivity (Wildman–Crippen MR) is 116 cm³/mol. The molecule has 1 amide bonds. The van der Waals surface area contributed by atoms with E-state index in [-0.39, 0.29) is 35.9 Å². The number of hydrogen-bond donors (Lipinski definition) is 2. The number of ether oxygens (including phenoxy) is 1. The lowest BCUT2D eigenvalue weighted by atomic mass is 9.97. The average molecular weight is 441 g/mol. The van der Waals surface area contributed by atoms with Gasteiger partial charge in [-0.05, 0) is 43.4 Å². The molecule has 0 spiro atoms. The lowest BCUT2D eigenvalue weighted by Crippen LogP contribution is -2.32. The largest absolute Gasteiger partial charge is 0.381 e. The Balaban J connectivity index is 1.48. The Bertz CT molecular complexity index is 1240. The van der Waals surface area contributed by atoms with Crippen molar-refractivity contribution in [3.63, 3.8) is 0 Å². The SMILES string of the molecule is C[C@@H](NC(=O)c1cn(C2CCOCC2)c(=O)c2cc[nH]c12)c1cccc2c1CCC2(F)F. The van der Waals surface area contributed by atoms with Crippen LogP contribution >= 0.6 is 0 Å². The van der Waals surface area contributed by atoms with Crippen LogP contribution in [0.1, 0.15) is 65.3 Å². The van der Waals surface area contributed by atoms with Crippen molar-refractivity contribution in [3.05, 3.63) is 69.3 Å². The van der Waals surface area contributed by atoms with Gasteiger partial charge in [-0.1, -0.05) is 18.2 Å². The number of alkyl halides is 2. The molecule has 3 aromatic rings. The number of aromatic amines is 1. The number of benzene rings is 1. The molecule has 5 rings (SSSR count). The average Bonchev–Trinajstić information content (AvgIpc) is 3.40. The van der Waals surface area contributed by atoms with Crippen molar-refractivity contribution < 1.29 is 18.3 Å². The molecular weight excluding hydrogens is 416 g/mol. The first-order valence-corrected chi connectivity index (χ1v) is 11.0. The normalized spacial score (nSPS) is 19.1. The van der Waals surface area contributed by atoms with Crippen LogP contribution in [0.5, 0.6) is 0 Å². The molecule has 2 aromatic heterocycles. The molecule has 2 N–H and O–H groups in total. The number of aromatic nitrogens is 2. The second-order valence-corrected chi connectivity index (χ2v) is 8.64. The third-order valence-corrected chi connectivity index (χ3v) is 6.69. The van der Waals surface area contributed by atoms with Gasteiger partial charge in [0.25, 0.3) is 17.4 Å². The molecule has 1 aromatic carbocycles. The van der Waals surface area contributed by atoms with Crippen molar-refractivity contribution >= 4 is 16.8 Å². The van der Waals surface area contributed by atoms with Crippen LogP contribution in [0, 0.1) is 0 Å². The standard InChI is InChI=1S/C24H25F2N3O3/c1-14(16-3-2-4-20-17(16)5-9-24(20,25)26)28-22(30)19-13-29(15-7-11-32-12-8-15)23(31)18-6-10-27-21(18)19/h2-4,6,10,13-15,27H,5,7-9,11-12H2,1H3,(H,28,30)/t14-/m1/s1. The van der Waals surface area contributed by atoms with Gasteiger partial charge in [-0.3, -0.25) is 9.59 Å². The maximum atomic E-state index is 14.2. The second-order valence-electron chi connectivity index (χ2n) is 8.64. The Morgan fingerprint density at radius 1 is 1.28 bits per heavy atom. The minimum absolute atomic E-state index is 0.0286. The highest BCUT2D eigenvalue weighted by atomic mass is 19.3. The molecule has 8 heteroatoms. The summed E-state index contributed by atoms with van der Waals surface area (Å²) < 4.78 is 35.4. The summed E-state index contributed by atoms with van der Waals surface area (Å²) in [5.74, 6) is -3.18. The number of pyridine rings is 1. The van der Waals surface area contributed by atoms with E-state index in [4.69, 9.17) is 4.74 Å². The van der Waals surface area contributed by atoms with E-state index in [0.717, 1.165) is 0 Å². The smallest absolute Gasteiger partial charge is 0.273 e. The predicted octanol–water partition coefficient (Wildman–Crippen LogP) is 4.21. The highest BCUT2D eigenvalue weighted by Gasteiger charge is 2.40. The summed E-state index contributed by atoms with van der Waals surface area (Å²) in [6.07, 6.45) is 4.75. The number of carbonyl (C=O) groups excluding carboxylic acids is 1. The fourth-order valence-corrected chi connectivity index (χ4v) is 4.98. The van der Waals surface area contributed by atoms with Crippen molar-refractivity contribution in [1.82, 2.24) is 14.9 Å². The second kappa shape index (κ2) is 7.85. The maximum Gasteiger partial charge on any atom is 0.273 e. The first-order chi connectivity index (χ1) is 15.4. The van der Waals surface area contributed by atoms with Gasteiger partial charge in [-0.25, -0.2) is 8.78 Å². The van der Waals surface area contributed by atoms with Crippen LogP contribution in [-0.2, 0) is 17.1 Å². The third kappa shape index (κ3) is 3.43. The Kier molecular flexibility index (Phi) is 5.12. The van der Waals surface area contributed by atoms with Crippen LogP contribution in [0.15, 0.2) is 41.5 Å². The summed E-state index contributed by atoms with van der Waals surface area (Å²) in [6, 6.07) is 6.06. The Morgan fingerprint density at radius 2 is 2.06 bits per heavy atom. The zero-order valence-electron chi connectivity index (χ0n) is 17.8. The van der Waals surface area contributed by atoms with Crippen LogP contribution in [0.2, 0.25) is 0 Å². The molecule has 0 radical (unpaired) electrons. The van der Waals surface area contributed by atoms with Crippen LogP contribution in [0.4, 0.5) is 8.78 Å². The maximum absolute atomic E-state index is 14.2. The van der Waals surface area contributed by atoms with E-state index in [1.807, 2.05) is 0 Å². The first kappa shape index (κ1) is 20.9. The van der Waals surface area contributed by atoms with Gasteiger partial charge in [-0.2, -0.15) is 0 Å². The van der Waals surface area contributed by atoms with Gasteiger partial charge in [-0.15, -0.1) is 0 Å². The number of fused-ring (bicyclic) bond motifs is 2. The summed E-state index contributed by atoms with van der Waals surface area (Å²) in [5.41, 5.74) is 2.07. The van der Waals surface area contributed by atoms with Crippen LogP contribution in [0.25, 0.3) is 10.9 Å². The summed E-state index contributed by atoms with van der Waals surface area (Å²) in [6.45, 7) is 2.94.